The van der Waals surface area contributed by atoms with Gasteiger partial charge in [-0.2, -0.15) is 0 Å². The van der Waals surface area contributed by atoms with Gasteiger partial charge in [-0.1, -0.05) is 32.6 Å². The molecule has 0 bridgehead atoms. The summed E-state index contributed by atoms with van der Waals surface area (Å²) in [6.07, 6.45) is 9.46. The topological polar surface area (TPSA) is 43.8 Å². The fourth-order valence-corrected chi connectivity index (χ4v) is 2.22. The quantitative estimate of drug-likeness (QED) is 0.772. The molecular formula is C16H22FN3. The van der Waals surface area contributed by atoms with Gasteiger partial charge in [0.25, 0.3) is 0 Å². The number of unbranched alkanes of at least 4 members (excludes halogenated alkanes) is 3. The number of rotatable bonds is 7. The standard InChI is InChI=1S/C16H22FN3/c1-2-3-4-5-6-16(18)20-11-15(19-12-20)13-7-9-14(17)10-8-13/h7-12,16H,2-6,18H2,1H3. The zero-order valence-electron chi connectivity index (χ0n) is 11.9. The summed E-state index contributed by atoms with van der Waals surface area (Å²) in [6.45, 7) is 2.20. The lowest BCUT2D eigenvalue weighted by Crippen LogP contribution is -2.16. The zero-order chi connectivity index (χ0) is 14.4. The SMILES string of the molecule is CCCCCCC(N)n1cnc(-c2ccc(F)cc2)c1. The van der Waals surface area contributed by atoms with Crippen molar-refractivity contribution < 1.29 is 4.39 Å². The Labute approximate surface area is 119 Å². The van der Waals surface area contributed by atoms with Crippen molar-refractivity contribution in [1.29, 1.82) is 0 Å². The van der Waals surface area contributed by atoms with Crippen LogP contribution in [0.5, 0.6) is 0 Å². The van der Waals surface area contributed by atoms with E-state index in [4.69, 9.17) is 5.73 Å². The number of halogens is 1. The summed E-state index contributed by atoms with van der Waals surface area (Å²) in [7, 11) is 0. The Morgan fingerprint density at radius 2 is 1.95 bits per heavy atom. The largest absolute Gasteiger partial charge is 0.321 e. The Balaban J connectivity index is 1.96. The number of aromatic nitrogens is 2. The number of nitrogens with zero attached hydrogens (tertiary/aromatic N) is 2. The van der Waals surface area contributed by atoms with E-state index < -0.39 is 0 Å². The smallest absolute Gasteiger partial charge is 0.123 e. The number of nitrogens with two attached hydrogens (primary N) is 1. The molecule has 0 saturated heterocycles. The maximum absolute atomic E-state index is 12.9. The highest BCUT2D eigenvalue weighted by molar-refractivity contribution is 5.57. The molecule has 1 atom stereocenters. The highest BCUT2D eigenvalue weighted by Gasteiger charge is 2.08. The summed E-state index contributed by atoms with van der Waals surface area (Å²) in [6, 6.07) is 6.35. The van der Waals surface area contributed by atoms with Crippen LogP contribution in [0.25, 0.3) is 11.3 Å². The van der Waals surface area contributed by atoms with Crippen molar-refractivity contribution in [2.45, 2.75) is 45.2 Å². The van der Waals surface area contributed by atoms with Gasteiger partial charge in [0.15, 0.2) is 0 Å². The molecule has 0 saturated carbocycles. The van der Waals surface area contributed by atoms with Crippen molar-refractivity contribution in [1.82, 2.24) is 9.55 Å². The van der Waals surface area contributed by atoms with Gasteiger partial charge in [0.1, 0.15) is 5.82 Å². The summed E-state index contributed by atoms with van der Waals surface area (Å²) in [4.78, 5) is 4.34. The molecule has 2 rings (SSSR count). The van der Waals surface area contributed by atoms with E-state index in [1.165, 1.54) is 31.4 Å². The first kappa shape index (κ1) is 14.7. The van der Waals surface area contributed by atoms with Gasteiger partial charge in [-0.3, -0.25) is 0 Å². The van der Waals surface area contributed by atoms with Crippen molar-refractivity contribution >= 4 is 0 Å². The Hall–Kier alpha value is -1.68. The summed E-state index contributed by atoms with van der Waals surface area (Å²) < 4.78 is 14.8. The minimum Gasteiger partial charge on any atom is -0.321 e. The third-order valence-electron chi connectivity index (χ3n) is 3.48. The molecule has 4 heteroatoms. The van der Waals surface area contributed by atoms with Crippen LogP contribution < -0.4 is 5.73 Å². The van der Waals surface area contributed by atoms with Crippen LogP contribution in [0.2, 0.25) is 0 Å². The predicted octanol–water partition coefficient (Wildman–Crippen LogP) is 4.12. The van der Waals surface area contributed by atoms with Gasteiger partial charge in [-0.25, -0.2) is 9.37 Å². The van der Waals surface area contributed by atoms with Gasteiger partial charge in [0.05, 0.1) is 18.2 Å². The third-order valence-corrected chi connectivity index (χ3v) is 3.48. The fourth-order valence-electron chi connectivity index (χ4n) is 2.22. The maximum atomic E-state index is 12.9. The molecule has 1 aromatic carbocycles. The number of hydrogen-bond acceptors (Lipinski definition) is 2. The van der Waals surface area contributed by atoms with Crippen molar-refractivity contribution in [2.75, 3.05) is 0 Å². The highest BCUT2D eigenvalue weighted by atomic mass is 19.1. The van der Waals surface area contributed by atoms with E-state index in [0.717, 1.165) is 24.1 Å². The van der Waals surface area contributed by atoms with E-state index in [0.29, 0.717) is 0 Å². The molecular weight excluding hydrogens is 253 g/mol. The number of imidazole rings is 1. The lowest BCUT2D eigenvalue weighted by atomic mass is 10.1. The minimum absolute atomic E-state index is 0.0337. The Bertz CT molecular complexity index is 519. The molecule has 0 radical (unpaired) electrons. The van der Waals surface area contributed by atoms with Gasteiger partial charge < -0.3 is 10.3 Å². The van der Waals surface area contributed by atoms with Crippen LogP contribution in [-0.2, 0) is 0 Å². The average molecular weight is 275 g/mol. The molecule has 2 N–H and O–H groups in total. The van der Waals surface area contributed by atoms with Crippen LogP contribution >= 0.6 is 0 Å². The highest BCUT2D eigenvalue weighted by Crippen LogP contribution is 2.19. The number of benzene rings is 1. The van der Waals surface area contributed by atoms with Crippen LogP contribution in [0, 0.1) is 5.82 Å². The molecule has 1 heterocycles. The van der Waals surface area contributed by atoms with Gasteiger partial charge in [-0.05, 0) is 30.7 Å². The Morgan fingerprint density at radius 1 is 1.20 bits per heavy atom. The molecule has 20 heavy (non-hydrogen) atoms. The number of hydrogen-bond donors (Lipinski definition) is 1. The predicted molar refractivity (Wildman–Crippen MR) is 79.6 cm³/mol. The average Bonchev–Trinajstić information content (AvgIpc) is 2.94. The van der Waals surface area contributed by atoms with E-state index in [9.17, 15) is 4.39 Å². The first-order valence-corrected chi connectivity index (χ1v) is 7.25. The molecule has 0 spiro atoms. The molecule has 0 aliphatic heterocycles. The molecule has 0 amide bonds. The van der Waals surface area contributed by atoms with Crippen molar-refractivity contribution in [2.24, 2.45) is 5.73 Å². The summed E-state index contributed by atoms with van der Waals surface area (Å²) in [5, 5.41) is 0. The lowest BCUT2D eigenvalue weighted by molar-refractivity contribution is 0.453. The van der Waals surface area contributed by atoms with Gasteiger partial charge in [0.2, 0.25) is 0 Å². The molecule has 0 aliphatic rings. The zero-order valence-corrected chi connectivity index (χ0v) is 11.9. The summed E-state index contributed by atoms with van der Waals surface area (Å²) in [5.74, 6) is -0.235. The van der Waals surface area contributed by atoms with Gasteiger partial charge >= 0.3 is 0 Å². The molecule has 1 unspecified atom stereocenters. The first-order chi connectivity index (χ1) is 9.70. The Morgan fingerprint density at radius 3 is 2.65 bits per heavy atom. The molecule has 3 nitrogen and oxygen atoms in total. The monoisotopic (exact) mass is 275 g/mol. The van der Waals surface area contributed by atoms with Crippen molar-refractivity contribution in [3.05, 3.63) is 42.6 Å². The third kappa shape index (κ3) is 3.90. The molecule has 0 aliphatic carbocycles. The Kier molecular flexibility index (Phi) is 5.30. The second-order valence-electron chi connectivity index (χ2n) is 5.13. The summed E-state index contributed by atoms with van der Waals surface area (Å²) in [5.41, 5.74) is 7.89. The van der Waals surface area contributed by atoms with E-state index in [-0.39, 0.29) is 12.0 Å². The molecule has 1 aromatic heterocycles. The second-order valence-corrected chi connectivity index (χ2v) is 5.13. The second kappa shape index (κ2) is 7.20. The van der Waals surface area contributed by atoms with Crippen LogP contribution in [0.15, 0.2) is 36.8 Å². The molecule has 108 valence electrons. The summed E-state index contributed by atoms with van der Waals surface area (Å²) >= 11 is 0. The van der Waals surface area contributed by atoms with Crippen molar-refractivity contribution in [3.8, 4) is 11.3 Å². The van der Waals surface area contributed by atoms with Crippen LogP contribution in [-0.4, -0.2) is 9.55 Å². The van der Waals surface area contributed by atoms with Gasteiger partial charge in [-0.15, -0.1) is 0 Å². The van der Waals surface area contributed by atoms with E-state index in [2.05, 4.69) is 11.9 Å². The van der Waals surface area contributed by atoms with Crippen LogP contribution in [0.1, 0.15) is 45.2 Å². The van der Waals surface area contributed by atoms with Crippen molar-refractivity contribution in [3.63, 3.8) is 0 Å². The van der Waals surface area contributed by atoms with Gasteiger partial charge in [0, 0.05) is 11.8 Å². The van der Waals surface area contributed by atoms with Crippen LogP contribution in [0.3, 0.4) is 0 Å². The normalized spacial score (nSPS) is 12.6. The maximum Gasteiger partial charge on any atom is 0.123 e. The van der Waals surface area contributed by atoms with E-state index in [1.54, 1.807) is 18.5 Å². The first-order valence-electron chi connectivity index (χ1n) is 7.25. The fraction of sp³-hybridized carbons (Fsp3) is 0.438. The minimum atomic E-state index is -0.235. The molecule has 0 fully saturated rings. The van der Waals surface area contributed by atoms with E-state index in [1.807, 2.05) is 10.8 Å². The molecule has 2 aromatic rings. The van der Waals surface area contributed by atoms with Crippen LogP contribution in [0.4, 0.5) is 4.39 Å². The van der Waals surface area contributed by atoms with E-state index >= 15 is 0 Å². The lowest BCUT2D eigenvalue weighted by Gasteiger charge is -2.12.